The molecule has 1 heterocycles. The number of halogens is 1. The van der Waals surface area contributed by atoms with Crippen molar-refractivity contribution in [3.05, 3.63) is 51.6 Å². The molecule has 0 radical (unpaired) electrons. The van der Waals surface area contributed by atoms with Crippen LogP contribution in [-0.2, 0) is 6.54 Å². The summed E-state index contributed by atoms with van der Waals surface area (Å²) in [5.74, 6) is -0.148. The lowest BCUT2D eigenvalue weighted by Crippen LogP contribution is -2.23. The summed E-state index contributed by atoms with van der Waals surface area (Å²) >= 11 is 2.00. The van der Waals surface area contributed by atoms with Gasteiger partial charge in [0.15, 0.2) is 0 Å². The van der Waals surface area contributed by atoms with Crippen molar-refractivity contribution >= 4 is 28.5 Å². The Morgan fingerprint density at radius 1 is 1.39 bits per heavy atom. The molecule has 5 nitrogen and oxygen atoms in total. The van der Waals surface area contributed by atoms with E-state index in [0.29, 0.717) is 15.7 Å². The van der Waals surface area contributed by atoms with Gasteiger partial charge in [0.25, 0.3) is 5.91 Å². The predicted molar refractivity (Wildman–Crippen MR) is 74.0 cm³/mol. The van der Waals surface area contributed by atoms with Crippen molar-refractivity contribution in [1.82, 2.24) is 15.3 Å². The number of nitrogens with zero attached hydrogens (tertiary/aromatic N) is 2. The summed E-state index contributed by atoms with van der Waals surface area (Å²) in [6.07, 6.45) is 3.05. The molecule has 0 saturated heterocycles. The third kappa shape index (κ3) is 3.16. The Hall–Kier alpha value is -1.70. The summed E-state index contributed by atoms with van der Waals surface area (Å²) in [5, 5.41) is 12.2. The second kappa shape index (κ2) is 5.76. The van der Waals surface area contributed by atoms with Crippen molar-refractivity contribution in [3.63, 3.8) is 0 Å². The molecule has 2 N–H and O–H groups in total. The van der Waals surface area contributed by atoms with Crippen LogP contribution in [0.2, 0.25) is 0 Å². The first-order valence-corrected chi connectivity index (χ1v) is 6.26. The molecule has 0 aliphatic heterocycles. The van der Waals surface area contributed by atoms with Gasteiger partial charge < -0.3 is 10.4 Å². The van der Waals surface area contributed by atoms with E-state index in [0.717, 1.165) is 5.69 Å². The fourth-order valence-corrected chi connectivity index (χ4v) is 1.68. The molecule has 0 atom stereocenters. The Morgan fingerprint density at radius 2 is 2.22 bits per heavy atom. The fraction of sp³-hybridized carbons (Fsp3) is 0.0833. The molecule has 0 spiro atoms. The SMILES string of the molecule is O=C(NCc1ccncn1)c1ccc(I)c(O)c1. The van der Waals surface area contributed by atoms with Gasteiger partial charge in [0.2, 0.25) is 0 Å². The van der Waals surface area contributed by atoms with Crippen LogP contribution in [0.1, 0.15) is 16.1 Å². The molecule has 1 aromatic heterocycles. The molecule has 1 amide bonds. The van der Waals surface area contributed by atoms with Crippen LogP contribution in [-0.4, -0.2) is 21.0 Å². The molecule has 2 aromatic rings. The van der Waals surface area contributed by atoms with E-state index in [9.17, 15) is 9.90 Å². The maximum absolute atomic E-state index is 11.8. The van der Waals surface area contributed by atoms with Crippen molar-refractivity contribution in [1.29, 1.82) is 0 Å². The molecule has 0 saturated carbocycles. The number of aromatic hydroxyl groups is 1. The van der Waals surface area contributed by atoms with Crippen LogP contribution in [0.15, 0.2) is 36.8 Å². The van der Waals surface area contributed by atoms with Crippen LogP contribution in [0.25, 0.3) is 0 Å². The highest BCUT2D eigenvalue weighted by molar-refractivity contribution is 14.1. The largest absolute Gasteiger partial charge is 0.507 e. The molecule has 0 fully saturated rings. The van der Waals surface area contributed by atoms with Crippen molar-refractivity contribution in [2.45, 2.75) is 6.54 Å². The standard InChI is InChI=1S/C12H10IN3O2/c13-10-2-1-8(5-11(10)17)12(18)15-6-9-3-4-14-7-16-9/h1-5,7,17H,6H2,(H,15,18). The smallest absolute Gasteiger partial charge is 0.251 e. The minimum Gasteiger partial charge on any atom is -0.507 e. The summed E-state index contributed by atoms with van der Waals surface area (Å²) in [6, 6.07) is 6.52. The number of phenolic OH excluding ortho intramolecular Hbond substituents is 1. The number of aromatic nitrogens is 2. The predicted octanol–water partition coefficient (Wildman–Crippen LogP) is 1.72. The second-order valence-corrected chi connectivity index (χ2v) is 4.71. The van der Waals surface area contributed by atoms with E-state index in [4.69, 9.17) is 0 Å². The van der Waals surface area contributed by atoms with Gasteiger partial charge in [-0.1, -0.05) is 0 Å². The van der Waals surface area contributed by atoms with Crippen molar-refractivity contribution in [2.75, 3.05) is 0 Å². The Labute approximate surface area is 117 Å². The Bertz CT molecular complexity index is 561. The molecule has 6 heteroatoms. The minimum atomic E-state index is -0.250. The lowest BCUT2D eigenvalue weighted by molar-refractivity contribution is 0.0950. The number of rotatable bonds is 3. The Balaban J connectivity index is 2.02. The molecule has 0 aliphatic carbocycles. The zero-order chi connectivity index (χ0) is 13.0. The molecule has 0 bridgehead atoms. The number of nitrogens with one attached hydrogen (secondary N) is 1. The number of amides is 1. The third-order valence-electron chi connectivity index (χ3n) is 2.28. The maximum atomic E-state index is 11.8. The highest BCUT2D eigenvalue weighted by Gasteiger charge is 2.08. The normalized spacial score (nSPS) is 10.1. The molecule has 18 heavy (non-hydrogen) atoms. The Kier molecular flexibility index (Phi) is 4.08. The molecule has 0 unspecified atom stereocenters. The number of benzene rings is 1. The zero-order valence-electron chi connectivity index (χ0n) is 9.30. The molecule has 0 aliphatic rings. The monoisotopic (exact) mass is 355 g/mol. The van der Waals surface area contributed by atoms with Crippen LogP contribution in [0.5, 0.6) is 5.75 Å². The molecule has 1 aromatic carbocycles. The highest BCUT2D eigenvalue weighted by Crippen LogP contribution is 2.20. The highest BCUT2D eigenvalue weighted by atomic mass is 127. The lowest BCUT2D eigenvalue weighted by Gasteiger charge is -2.05. The lowest BCUT2D eigenvalue weighted by atomic mass is 10.2. The average Bonchev–Trinajstić information content (AvgIpc) is 2.40. The number of hydrogen-bond donors (Lipinski definition) is 2. The van der Waals surface area contributed by atoms with Gasteiger partial charge in [-0.3, -0.25) is 4.79 Å². The van der Waals surface area contributed by atoms with Crippen molar-refractivity contribution < 1.29 is 9.90 Å². The van der Waals surface area contributed by atoms with E-state index in [1.165, 1.54) is 12.4 Å². The van der Waals surface area contributed by atoms with Gasteiger partial charge >= 0.3 is 0 Å². The number of carbonyl (C=O) groups is 1. The maximum Gasteiger partial charge on any atom is 0.251 e. The van der Waals surface area contributed by atoms with E-state index in [-0.39, 0.29) is 11.7 Å². The molecule has 92 valence electrons. The average molecular weight is 355 g/mol. The van der Waals surface area contributed by atoms with Crippen LogP contribution < -0.4 is 5.32 Å². The summed E-state index contributed by atoms with van der Waals surface area (Å²) < 4.78 is 0.708. The van der Waals surface area contributed by atoms with Gasteiger partial charge in [-0.2, -0.15) is 0 Å². The summed E-state index contributed by atoms with van der Waals surface area (Å²) in [5.41, 5.74) is 1.15. The zero-order valence-corrected chi connectivity index (χ0v) is 11.5. The molecule has 2 rings (SSSR count). The fourth-order valence-electron chi connectivity index (χ4n) is 1.35. The van der Waals surface area contributed by atoms with E-state index in [2.05, 4.69) is 15.3 Å². The Morgan fingerprint density at radius 3 is 2.89 bits per heavy atom. The summed E-state index contributed by atoms with van der Waals surface area (Å²) in [7, 11) is 0. The van der Waals surface area contributed by atoms with Crippen molar-refractivity contribution in [2.24, 2.45) is 0 Å². The molecular weight excluding hydrogens is 345 g/mol. The van der Waals surface area contributed by atoms with Gasteiger partial charge in [0.05, 0.1) is 15.8 Å². The van der Waals surface area contributed by atoms with Gasteiger partial charge in [0.1, 0.15) is 12.1 Å². The van der Waals surface area contributed by atoms with Crippen LogP contribution in [0.3, 0.4) is 0 Å². The van der Waals surface area contributed by atoms with Gasteiger partial charge in [-0.15, -0.1) is 0 Å². The van der Waals surface area contributed by atoms with E-state index >= 15 is 0 Å². The van der Waals surface area contributed by atoms with Gasteiger partial charge in [-0.25, -0.2) is 9.97 Å². The third-order valence-corrected chi connectivity index (χ3v) is 3.19. The van der Waals surface area contributed by atoms with E-state index < -0.39 is 0 Å². The number of phenols is 1. The summed E-state index contributed by atoms with van der Waals surface area (Å²) in [6.45, 7) is 0.327. The van der Waals surface area contributed by atoms with Crippen LogP contribution in [0, 0.1) is 3.57 Å². The van der Waals surface area contributed by atoms with Crippen molar-refractivity contribution in [3.8, 4) is 5.75 Å². The number of carbonyl (C=O) groups excluding carboxylic acids is 1. The second-order valence-electron chi connectivity index (χ2n) is 3.55. The minimum absolute atomic E-state index is 0.102. The van der Waals surface area contributed by atoms with Gasteiger partial charge in [0, 0.05) is 11.8 Å². The number of hydrogen-bond acceptors (Lipinski definition) is 4. The molecular formula is C12H10IN3O2. The van der Waals surface area contributed by atoms with Crippen LogP contribution >= 0.6 is 22.6 Å². The topological polar surface area (TPSA) is 75.1 Å². The first-order chi connectivity index (χ1) is 8.66. The van der Waals surface area contributed by atoms with Gasteiger partial charge in [-0.05, 0) is 46.9 Å². The van der Waals surface area contributed by atoms with E-state index in [1.807, 2.05) is 22.6 Å². The first kappa shape index (κ1) is 12.7. The first-order valence-electron chi connectivity index (χ1n) is 5.18. The van der Waals surface area contributed by atoms with E-state index in [1.54, 1.807) is 24.4 Å². The van der Waals surface area contributed by atoms with Crippen LogP contribution in [0.4, 0.5) is 0 Å². The quantitative estimate of drug-likeness (QED) is 0.823. The summed E-state index contributed by atoms with van der Waals surface area (Å²) in [4.78, 5) is 19.6.